The summed E-state index contributed by atoms with van der Waals surface area (Å²) in [5.74, 6) is 1.66. The van der Waals surface area contributed by atoms with Gasteiger partial charge in [-0.25, -0.2) is 0 Å². The molecule has 4 nitrogen and oxygen atoms in total. The van der Waals surface area contributed by atoms with Crippen molar-refractivity contribution in [3.63, 3.8) is 0 Å². The fourth-order valence-corrected chi connectivity index (χ4v) is 2.84. The minimum atomic E-state index is 0.829. The lowest BCUT2D eigenvalue weighted by Gasteiger charge is -2.17. The lowest BCUT2D eigenvalue weighted by molar-refractivity contribution is 0.321. The molecule has 0 spiro atoms. The van der Waals surface area contributed by atoms with Crippen LogP contribution in [0.5, 0.6) is 11.5 Å². The third-order valence-electron chi connectivity index (χ3n) is 4.18. The molecule has 0 aliphatic rings. The average molecular weight is 335 g/mol. The molecular formula is C21H25N3O. The number of rotatable bonds is 8. The summed E-state index contributed by atoms with van der Waals surface area (Å²) in [5, 5.41) is 7.43. The van der Waals surface area contributed by atoms with Gasteiger partial charge < -0.3 is 9.64 Å². The van der Waals surface area contributed by atoms with Crippen LogP contribution in [0.3, 0.4) is 0 Å². The van der Waals surface area contributed by atoms with Crippen molar-refractivity contribution in [2.75, 3.05) is 13.6 Å². The van der Waals surface area contributed by atoms with E-state index in [0.29, 0.717) is 0 Å². The van der Waals surface area contributed by atoms with Crippen LogP contribution in [0.25, 0.3) is 11.3 Å². The van der Waals surface area contributed by atoms with Gasteiger partial charge in [0.05, 0.1) is 11.9 Å². The summed E-state index contributed by atoms with van der Waals surface area (Å²) in [4.78, 5) is 2.33. The molecule has 0 aliphatic heterocycles. The number of aromatic amines is 1. The number of hydrogen-bond donors (Lipinski definition) is 1. The standard InChI is InChI=1S/C21H25N3O/c1-3-4-14-24(2)16-17-15-22-23-21(17)19-12-8-9-13-20(19)25-18-10-6-5-7-11-18/h5-13,15H,3-4,14,16H2,1-2H3,(H,22,23). The largest absolute Gasteiger partial charge is 0.457 e. The number of hydrogen-bond acceptors (Lipinski definition) is 3. The van der Waals surface area contributed by atoms with Crippen molar-refractivity contribution in [1.29, 1.82) is 0 Å². The predicted octanol–water partition coefficient (Wildman–Crippen LogP) is 5.10. The number of nitrogens with zero attached hydrogens (tertiary/aromatic N) is 2. The van der Waals surface area contributed by atoms with E-state index in [4.69, 9.17) is 4.74 Å². The summed E-state index contributed by atoms with van der Waals surface area (Å²) in [6, 6.07) is 17.9. The zero-order chi connectivity index (χ0) is 17.5. The summed E-state index contributed by atoms with van der Waals surface area (Å²) in [6.07, 6.45) is 4.32. The van der Waals surface area contributed by atoms with Crippen LogP contribution in [-0.2, 0) is 6.54 Å². The van der Waals surface area contributed by atoms with E-state index >= 15 is 0 Å². The molecule has 4 heteroatoms. The average Bonchev–Trinajstić information content (AvgIpc) is 3.09. The molecule has 0 aliphatic carbocycles. The van der Waals surface area contributed by atoms with Crippen molar-refractivity contribution in [1.82, 2.24) is 15.1 Å². The zero-order valence-corrected chi connectivity index (χ0v) is 14.9. The minimum Gasteiger partial charge on any atom is -0.457 e. The first kappa shape index (κ1) is 17.2. The van der Waals surface area contributed by atoms with Gasteiger partial charge in [-0.2, -0.15) is 5.10 Å². The Labute approximate surface area is 149 Å². The highest BCUT2D eigenvalue weighted by Crippen LogP contribution is 2.34. The molecule has 1 aromatic heterocycles. The van der Waals surface area contributed by atoms with Crippen molar-refractivity contribution in [2.45, 2.75) is 26.3 Å². The van der Waals surface area contributed by atoms with Crippen LogP contribution in [-0.4, -0.2) is 28.7 Å². The monoisotopic (exact) mass is 335 g/mol. The molecule has 0 unspecified atom stereocenters. The molecule has 0 saturated carbocycles. The molecular weight excluding hydrogens is 310 g/mol. The number of ether oxygens (including phenoxy) is 1. The first-order chi connectivity index (χ1) is 12.3. The van der Waals surface area contributed by atoms with Crippen LogP contribution in [0, 0.1) is 0 Å². The summed E-state index contributed by atoms with van der Waals surface area (Å²) < 4.78 is 6.10. The SMILES string of the molecule is CCCCN(C)Cc1cn[nH]c1-c1ccccc1Oc1ccccc1. The molecule has 3 aromatic rings. The Hall–Kier alpha value is -2.59. The summed E-state index contributed by atoms with van der Waals surface area (Å²) in [7, 11) is 2.15. The first-order valence-corrected chi connectivity index (χ1v) is 8.81. The molecule has 0 bridgehead atoms. The predicted molar refractivity (Wildman–Crippen MR) is 102 cm³/mol. The molecule has 130 valence electrons. The van der Waals surface area contributed by atoms with Gasteiger partial charge in [-0.3, -0.25) is 5.10 Å². The van der Waals surface area contributed by atoms with Gasteiger partial charge in [0.2, 0.25) is 0 Å². The topological polar surface area (TPSA) is 41.2 Å². The fraction of sp³-hybridized carbons (Fsp3) is 0.286. The highest BCUT2D eigenvalue weighted by atomic mass is 16.5. The van der Waals surface area contributed by atoms with Gasteiger partial charge in [-0.1, -0.05) is 43.7 Å². The molecule has 3 rings (SSSR count). The Balaban J connectivity index is 1.84. The van der Waals surface area contributed by atoms with Gasteiger partial charge in [-0.05, 0) is 44.3 Å². The van der Waals surface area contributed by atoms with Gasteiger partial charge in [0.25, 0.3) is 0 Å². The second-order valence-corrected chi connectivity index (χ2v) is 6.27. The number of para-hydroxylation sites is 2. The molecule has 0 atom stereocenters. The van der Waals surface area contributed by atoms with Crippen LogP contribution in [0.1, 0.15) is 25.3 Å². The van der Waals surface area contributed by atoms with Crippen molar-refractivity contribution in [2.24, 2.45) is 0 Å². The molecule has 1 heterocycles. The number of aromatic nitrogens is 2. The van der Waals surface area contributed by atoms with E-state index in [0.717, 1.165) is 35.8 Å². The number of H-pyrrole nitrogens is 1. The normalized spacial score (nSPS) is 11.0. The van der Waals surface area contributed by atoms with E-state index in [9.17, 15) is 0 Å². The van der Waals surface area contributed by atoms with Crippen molar-refractivity contribution < 1.29 is 4.74 Å². The minimum absolute atomic E-state index is 0.829. The second kappa shape index (κ2) is 8.49. The van der Waals surface area contributed by atoms with E-state index in [1.165, 1.54) is 18.4 Å². The number of nitrogens with one attached hydrogen (secondary N) is 1. The molecule has 25 heavy (non-hydrogen) atoms. The Kier molecular flexibility index (Phi) is 5.86. The van der Waals surface area contributed by atoms with Gasteiger partial charge in [0.1, 0.15) is 11.5 Å². The molecule has 0 fully saturated rings. The Morgan fingerprint density at radius 2 is 1.80 bits per heavy atom. The van der Waals surface area contributed by atoms with E-state index < -0.39 is 0 Å². The van der Waals surface area contributed by atoms with E-state index in [-0.39, 0.29) is 0 Å². The lowest BCUT2D eigenvalue weighted by atomic mass is 10.1. The van der Waals surface area contributed by atoms with Crippen LogP contribution in [0.15, 0.2) is 60.8 Å². The number of benzene rings is 2. The maximum absolute atomic E-state index is 6.10. The maximum atomic E-state index is 6.10. The Morgan fingerprint density at radius 3 is 2.60 bits per heavy atom. The van der Waals surface area contributed by atoms with E-state index in [2.05, 4.69) is 35.1 Å². The van der Waals surface area contributed by atoms with Gasteiger partial charge in [0.15, 0.2) is 0 Å². The van der Waals surface area contributed by atoms with Crippen molar-refractivity contribution in [3.05, 3.63) is 66.4 Å². The molecule has 0 saturated heterocycles. The highest BCUT2D eigenvalue weighted by molar-refractivity contribution is 5.70. The van der Waals surface area contributed by atoms with Crippen molar-refractivity contribution in [3.8, 4) is 22.8 Å². The second-order valence-electron chi connectivity index (χ2n) is 6.27. The fourth-order valence-electron chi connectivity index (χ4n) is 2.84. The molecule has 0 amide bonds. The molecule has 2 aromatic carbocycles. The third kappa shape index (κ3) is 4.48. The van der Waals surface area contributed by atoms with Crippen LogP contribution < -0.4 is 4.74 Å². The summed E-state index contributed by atoms with van der Waals surface area (Å²) >= 11 is 0. The summed E-state index contributed by atoms with van der Waals surface area (Å²) in [6.45, 7) is 4.17. The van der Waals surface area contributed by atoms with E-state index in [1.807, 2.05) is 54.7 Å². The zero-order valence-electron chi connectivity index (χ0n) is 14.9. The smallest absolute Gasteiger partial charge is 0.136 e. The third-order valence-corrected chi connectivity index (χ3v) is 4.18. The quantitative estimate of drug-likeness (QED) is 0.622. The van der Waals surface area contributed by atoms with Gasteiger partial charge in [0, 0.05) is 17.7 Å². The van der Waals surface area contributed by atoms with Crippen LogP contribution >= 0.6 is 0 Å². The molecule has 1 N–H and O–H groups in total. The first-order valence-electron chi connectivity index (χ1n) is 8.81. The van der Waals surface area contributed by atoms with Crippen molar-refractivity contribution >= 4 is 0 Å². The number of unbranched alkanes of at least 4 members (excludes halogenated alkanes) is 1. The Bertz CT molecular complexity index is 783. The van der Waals surface area contributed by atoms with Gasteiger partial charge in [-0.15, -0.1) is 0 Å². The van der Waals surface area contributed by atoms with Crippen LogP contribution in [0.2, 0.25) is 0 Å². The van der Waals surface area contributed by atoms with E-state index in [1.54, 1.807) is 0 Å². The lowest BCUT2D eigenvalue weighted by Crippen LogP contribution is -2.19. The van der Waals surface area contributed by atoms with Gasteiger partial charge >= 0.3 is 0 Å². The Morgan fingerprint density at radius 1 is 1.04 bits per heavy atom. The highest BCUT2D eigenvalue weighted by Gasteiger charge is 2.14. The van der Waals surface area contributed by atoms with Crippen LogP contribution in [0.4, 0.5) is 0 Å². The maximum Gasteiger partial charge on any atom is 0.136 e. The summed E-state index contributed by atoms with van der Waals surface area (Å²) in [5.41, 5.74) is 3.24. The molecule has 0 radical (unpaired) electrons.